The second kappa shape index (κ2) is 10.7. The third-order valence-corrected chi connectivity index (χ3v) is 6.47. The maximum atomic E-state index is 5.70. The van der Waals surface area contributed by atoms with Crippen molar-refractivity contribution in [1.82, 2.24) is 10.6 Å². The standard InChI is InChI=1S/C30H34N2O/c1-30(2,19-18-23-11-6-4-7-12-23)26-16-17-28(33-3)25(21-26)22-32-27-15-10-20-31-29(27)24-13-8-5-9-14-24/h4-9,11-14,16-17,21,27,29,31-32H,10,15,20,22H2,1-3H3/t27-,29-/m0/s1. The molecule has 0 aromatic heterocycles. The van der Waals surface area contributed by atoms with Gasteiger partial charge in [0.25, 0.3) is 0 Å². The average Bonchev–Trinajstić information content (AvgIpc) is 2.87. The lowest BCUT2D eigenvalue weighted by Crippen LogP contribution is -2.45. The van der Waals surface area contributed by atoms with Crippen molar-refractivity contribution in [3.8, 4) is 17.6 Å². The molecule has 0 bridgehead atoms. The molecular formula is C30H34N2O. The van der Waals surface area contributed by atoms with Gasteiger partial charge in [0.05, 0.1) is 12.5 Å². The minimum atomic E-state index is -0.268. The van der Waals surface area contributed by atoms with Gasteiger partial charge in [0.1, 0.15) is 5.75 Å². The van der Waals surface area contributed by atoms with Crippen molar-refractivity contribution < 1.29 is 4.74 Å². The number of rotatable bonds is 6. The first kappa shape index (κ1) is 23.1. The summed E-state index contributed by atoms with van der Waals surface area (Å²) in [6, 6.07) is 28.1. The molecule has 0 spiro atoms. The molecular weight excluding hydrogens is 404 g/mol. The topological polar surface area (TPSA) is 33.3 Å². The Labute approximate surface area is 198 Å². The van der Waals surface area contributed by atoms with Gasteiger partial charge in [-0.25, -0.2) is 0 Å². The molecule has 3 aromatic rings. The van der Waals surface area contributed by atoms with Crippen LogP contribution in [-0.2, 0) is 12.0 Å². The van der Waals surface area contributed by atoms with Crippen LogP contribution in [0.15, 0.2) is 78.9 Å². The summed E-state index contributed by atoms with van der Waals surface area (Å²) in [5.74, 6) is 7.72. The lowest BCUT2D eigenvalue weighted by molar-refractivity contribution is 0.302. The predicted octanol–water partition coefficient (Wildman–Crippen LogP) is 5.61. The molecule has 1 fully saturated rings. The van der Waals surface area contributed by atoms with Crippen LogP contribution in [-0.4, -0.2) is 19.7 Å². The molecule has 3 aromatic carbocycles. The zero-order chi connectivity index (χ0) is 23.1. The Kier molecular flexibility index (Phi) is 7.50. The third-order valence-electron chi connectivity index (χ3n) is 6.47. The van der Waals surface area contributed by atoms with E-state index < -0.39 is 0 Å². The molecule has 0 saturated carbocycles. The summed E-state index contributed by atoms with van der Waals surface area (Å²) in [5.41, 5.74) is 4.48. The highest BCUT2D eigenvalue weighted by molar-refractivity contribution is 5.45. The fourth-order valence-corrected chi connectivity index (χ4v) is 4.49. The summed E-state index contributed by atoms with van der Waals surface area (Å²) >= 11 is 0. The molecule has 1 aliphatic heterocycles. The van der Waals surface area contributed by atoms with E-state index in [0.717, 1.165) is 30.8 Å². The van der Waals surface area contributed by atoms with E-state index in [2.05, 4.69) is 84.9 Å². The number of hydrogen-bond acceptors (Lipinski definition) is 3. The Balaban J connectivity index is 1.53. The molecule has 2 N–H and O–H groups in total. The van der Waals surface area contributed by atoms with Crippen molar-refractivity contribution in [3.05, 3.63) is 101 Å². The first-order valence-electron chi connectivity index (χ1n) is 11.8. The fourth-order valence-electron chi connectivity index (χ4n) is 4.49. The van der Waals surface area contributed by atoms with Gasteiger partial charge in [-0.05, 0) is 68.6 Å². The summed E-state index contributed by atoms with van der Waals surface area (Å²) in [6.07, 6.45) is 2.34. The Morgan fingerprint density at radius 1 is 1.00 bits per heavy atom. The molecule has 0 aliphatic carbocycles. The molecule has 0 amide bonds. The van der Waals surface area contributed by atoms with Gasteiger partial charge in [0.15, 0.2) is 0 Å². The van der Waals surface area contributed by atoms with Gasteiger partial charge in [0, 0.05) is 29.8 Å². The lowest BCUT2D eigenvalue weighted by atomic mass is 9.84. The van der Waals surface area contributed by atoms with Gasteiger partial charge in [-0.2, -0.15) is 0 Å². The minimum Gasteiger partial charge on any atom is -0.496 e. The molecule has 3 heteroatoms. The summed E-state index contributed by atoms with van der Waals surface area (Å²) in [5, 5.41) is 7.53. The molecule has 170 valence electrons. The van der Waals surface area contributed by atoms with E-state index in [1.165, 1.54) is 23.1 Å². The second-order valence-electron chi connectivity index (χ2n) is 9.24. The van der Waals surface area contributed by atoms with E-state index >= 15 is 0 Å². The van der Waals surface area contributed by atoms with Crippen LogP contribution in [0.2, 0.25) is 0 Å². The monoisotopic (exact) mass is 438 g/mol. The predicted molar refractivity (Wildman–Crippen MR) is 136 cm³/mol. The van der Waals surface area contributed by atoms with Crippen LogP contribution >= 0.6 is 0 Å². The van der Waals surface area contributed by atoms with Crippen LogP contribution < -0.4 is 15.4 Å². The number of ether oxygens (including phenoxy) is 1. The van der Waals surface area contributed by atoms with Gasteiger partial charge in [0.2, 0.25) is 0 Å². The SMILES string of the molecule is COc1ccc(C(C)(C)C#Cc2ccccc2)cc1CN[C@H]1CCCN[C@H]1c1ccccc1. The van der Waals surface area contributed by atoms with E-state index in [1.54, 1.807) is 7.11 Å². The zero-order valence-corrected chi connectivity index (χ0v) is 19.9. The first-order chi connectivity index (χ1) is 16.1. The maximum Gasteiger partial charge on any atom is 0.123 e. The zero-order valence-electron chi connectivity index (χ0n) is 19.9. The number of piperidine rings is 1. The Morgan fingerprint density at radius 3 is 2.45 bits per heavy atom. The molecule has 33 heavy (non-hydrogen) atoms. The minimum absolute atomic E-state index is 0.268. The average molecular weight is 439 g/mol. The van der Waals surface area contributed by atoms with Crippen LogP contribution in [0.25, 0.3) is 0 Å². The largest absolute Gasteiger partial charge is 0.496 e. The fraction of sp³-hybridized carbons (Fsp3) is 0.333. The Hall–Kier alpha value is -3.06. The third kappa shape index (κ3) is 5.85. The van der Waals surface area contributed by atoms with E-state index in [0.29, 0.717) is 12.1 Å². The van der Waals surface area contributed by atoms with Gasteiger partial charge in [-0.15, -0.1) is 0 Å². The van der Waals surface area contributed by atoms with E-state index in [9.17, 15) is 0 Å². The lowest BCUT2D eigenvalue weighted by Gasteiger charge is -2.34. The molecule has 3 nitrogen and oxygen atoms in total. The molecule has 0 radical (unpaired) electrons. The van der Waals surface area contributed by atoms with Crippen LogP contribution in [0.5, 0.6) is 5.75 Å². The van der Waals surface area contributed by atoms with E-state index in [-0.39, 0.29) is 5.41 Å². The Bertz CT molecular complexity index is 1100. The highest BCUT2D eigenvalue weighted by Crippen LogP contribution is 2.29. The molecule has 1 heterocycles. The van der Waals surface area contributed by atoms with E-state index in [1.807, 2.05) is 30.3 Å². The highest BCUT2D eigenvalue weighted by Gasteiger charge is 2.26. The number of benzene rings is 3. The highest BCUT2D eigenvalue weighted by atomic mass is 16.5. The Morgan fingerprint density at radius 2 is 1.73 bits per heavy atom. The van der Waals surface area contributed by atoms with E-state index in [4.69, 9.17) is 4.74 Å². The van der Waals surface area contributed by atoms with Crippen molar-refractivity contribution in [3.63, 3.8) is 0 Å². The van der Waals surface area contributed by atoms with Crippen molar-refractivity contribution in [2.24, 2.45) is 0 Å². The number of hydrogen-bond donors (Lipinski definition) is 2. The van der Waals surface area contributed by atoms with Crippen molar-refractivity contribution in [2.75, 3.05) is 13.7 Å². The van der Waals surface area contributed by atoms with Crippen molar-refractivity contribution >= 4 is 0 Å². The van der Waals surface area contributed by atoms with Crippen LogP contribution in [0.1, 0.15) is 55.0 Å². The summed E-state index contributed by atoms with van der Waals surface area (Å²) in [4.78, 5) is 0. The summed E-state index contributed by atoms with van der Waals surface area (Å²) in [6.45, 7) is 6.18. The van der Waals surface area contributed by atoms with Crippen LogP contribution in [0.4, 0.5) is 0 Å². The number of nitrogens with one attached hydrogen (secondary N) is 2. The van der Waals surface area contributed by atoms with Crippen LogP contribution in [0.3, 0.4) is 0 Å². The number of methoxy groups -OCH3 is 1. The van der Waals surface area contributed by atoms with Gasteiger partial charge < -0.3 is 15.4 Å². The van der Waals surface area contributed by atoms with Gasteiger partial charge >= 0.3 is 0 Å². The van der Waals surface area contributed by atoms with Gasteiger partial charge in [-0.1, -0.05) is 66.4 Å². The normalized spacial score (nSPS) is 18.3. The smallest absolute Gasteiger partial charge is 0.123 e. The molecule has 0 unspecified atom stereocenters. The van der Waals surface area contributed by atoms with Crippen molar-refractivity contribution in [1.29, 1.82) is 0 Å². The van der Waals surface area contributed by atoms with Crippen LogP contribution in [0, 0.1) is 11.8 Å². The summed E-state index contributed by atoms with van der Waals surface area (Å²) in [7, 11) is 1.74. The second-order valence-corrected chi connectivity index (χ2v) is 9.24. The van der Waals surface area contributed by atoms with Gasteiger partial charge in [-0.3, -0.25) is 0 Å². The van der Waals surface area contributed by atoms with Crippen molar-refractivity contribution in [2.45, 2.75) is 50.7 Å². The molecule has 4 rings (SSSR count). The molecule has 1 saturated heterocycles. The quantitative estimate of drug-likeness (QED) is 0.491. The molecule has 1 aliphatic rings. The first-order valence-corrected chi connectivity index (χ1v) is 11.8. The maximum absolute atomic E-state index is 5.70. The molecule has 2 atom stereocenters. The summed E-state index contributed by atoms with van der Waals surface area (Å²) < 4.78 is 5.70.